The zero-order valence-corrected chi connectivity index (χ0v) is 15.9. The highest BCUT2D eigenvalue weighted by molar-refractivity contribution is 6.04. The smallest absolute Gasteiger partial charge is 0.255 e. The second-order valence-electron chi connectivity index (χ2n) is 6.60. The van der Waals surface area contributed by atoms with Crippen molar-refractivity contribution in [3.63, 3.8) is 0 Å². The molecule has 0 unspecified atom stereocenters. The van der Waals surface area contributed by atoms with Crippen LogP contribution in [-0.2, 0) is 6.42 Å². The molecule has 1 aliphatic heterocycles. The molecule has 0 fully saturated rings. The van der Waals surface area contributed by atoms with Gasteiger partial charge in [-0.2, -0.15) is 0 Å². The minimum atomic E-state index is -0.194. The van der Waals surface area contributed by atoms with E-state index in [0.29, 0.717) is 17.1 Å². The Morgan fingerprint density at radius 3 is 2.43 bits per heavy atom. The lowest BCUT2D eigenvalue weighted by Crippen LogP contribution is -2.14. The number of fused-ring (bicyclic) bond motifs is 1. The Balaban J connectivity index is 1.49. The molecule has 0 saturated carbocycles. The molecule has 1 aliphatic rings. The van der Waals surface area contributed by atoms with Crippen molar-refractivity contribution < 1.29 is 14.3 Å². The van der Waals surface area contributed by atoms with Gasteiger partial charge in [0.15, 0.2) is 11.5 Å². The van der Waals surface area contributed by atoms with E-state index in [1.54, 1.807) is 32.4 Å². The number of nitrogens with zero attached hydrogens (tertiary/aromatic N) is 1. The third-order valence-electron chi connectivity index (χ3n) is 4.97. The molecule has 0 atom stereocenters. The molecule has 3 aromatic rings. The summed E-state index contributed by atoms with van der Waals surface area (Å²) in [5.74, 6) is 0.924. The number of methoxy groups -OCH3 is 2. The van der Waals surface area contributed by atoms with Crippen LogP contribution >= 0.6 is 0 Å². The molecule has 5 heteroatoms. The molecule has 1 N–H and O–H groups in total. The van der Waals surface area contributed by atoms with E-state index in [1.807, 2.05) is 24.3 Å². The summed E-state index contributed by atoms with van der Waals surface area (Å²) >= 11 is 0. The highest BCUT2D eigenvalue weighted by Gasteiger charge is 2.19. The third kappa shape index (κ3) is 3.39. The first-order valence-electron chi connectivity index (χ1n) is 9.18. The zero-order valence-electron chi connectivity index (χ0n) is 15.9. The van der Waals surface area contributed by atoms with Gasteiger partial charge < -0.3 is 19.7 Å². The van der Waals surface area contributed by atoms with Gasteiger partial charge in [0.1, 0.15) is 0 Å². The Morgan fingerprint density at radius 1 is 0.929 bits per heavy atom. The van der Waals surface area contributed by atoms with Crippen LogP contribution in [-0.4, -0.2) is 26.7 Å². The molecule has 3 aromatic carbocycles. The van der Waals surface area contributed by atoms with E-state index in [0.717, 1.165) is 24.3 Å². The number of anilines is 3. The molecular formula is C23H22N2O3. The Morgan fingerprint density at radius 2 is 1.68 bits per heavy atom. The molecule has 142 valence electrons. The Labute approximate surface area is 164 Å². The molecule has 28 heavy (non-hydrogen) atoms. The lowest BCUT2D eigenvalue weighted by molar-refractivity contribution is 0.102. The number of para-hydroxylation sites is 1. The second kappa shape index (κ2) is 7.64. The zero-order chi connectivity index (χ0) is 19.5. The normalized spacial score (nSPS) is 12.4. The monoisotopic (exact) mass is 374 g/mol. The molecule has 4 rings (SSSR count). The summed E-state index contributed by atoms with van der Waals surface area (Å²) in [6, 6.07) is 21.5. The quantitative estimate of drug-likeness (QED) is 0.706. The summed E-state index contributed by atoms with van der Waals surface area (Å²) in [7, 11) is 3.12. The van der Waals surface area contributed by atoms with Crippen LogP contribution in [0, 0.1) is 0 Å². The van der Waals surface area contributed by atoms with E-state index in [2.05, 4.69) is 34.5 Å². The summed E-state index contributed by atoms with van der Waals surface area (Å²) in [5.41, 5.74) is 5.00. The Kier molecular flexibility index (Phi) is 4.89. The van der Waals surface area contributed by atoms with Gasteiger partial charge in [0, 0.05) is 29.2 Å². The number of hydrogen-bond acceptors (Lipinski definition) is 4. The molecule has 0 aliphatic carbocycles. The maximum Gasteiger partial charge on any atom is 0.255 e. The van der Waals surface area contributed by atoms with Crippen molar-refractivity contribution in [2.45, 2.75) is 6.42 Å². The van der Waals surface area contributed by atoms with Crippen LogP contribution < -0.4 is 19.7 Å². The number of carbonyl (C=O) groups is 1. The average molecular weight is 374 g/mol. The molecule has 0 spiro atoms. The molecule has 0 saturated heterocycles. The van der Waals surface area contributed by atoms with Crippen molar-refractivity contribution in [1.29, 1.82) is 0 Å². The largest absolute Gasteiger partial charge is 0.493 e. The maximum atomic E-state index is 12.6. The van der Waals surface area contributed by atoms with Gasteiger partial charge in [-0.3, -0.25) is 4.79 Å². The van der Waals surface area contributed by atoms with Crippen molar-refractivity contribution in [2.24, 2.45) is 0 Å². The molecule has 0 aromatic heterocycles. The Hall–Kier alpha value is -3.47. The molecule has 1 amide bonds. The fourth-order valence-electron chi connectivity index (χ4n) is 3.51. The highest BCUT2D eigenvalue weighted by Crippen LogP contribution is 2.34. The summed E-state index contributed by atoms with van der Waals surface area (Å²) in [6.45, 7) is 0.969. The molecule has 5 nitrogen and oxygen atoms in total. The fourth-order valence-corrected chi connectivity index (χ4v) is 3.51. The summed E-state index contributed by atoms with van der Waals surface area (Å²) in [5, 5.41) is 2.93. The van der Waals surface area contributed by atoms with Crippen LogP contribution in [0.15, 0.2) is 66.7 Å². The number of rotatable bonds is 5. The van der Waals surface area contributed by atoms with Gasteiger partial charge in [-0.05, 0) is 60.5 Å². The maximum absolute atomic E-state index is 12.6. The standard InChI is InChI=1S/C23H22N2O3/c1-27-21-12-7-17(15-22(21)28-2)23(26)24-18-8-10-19(11-9-18)25-14-13-16-5-3-4-6-20(16)25/h3-12,15H,13-14H2,1-2H3,(H,24,26). The van der Waals surface area contributed by atoms with Gasteiger partial charge in [-0.25, -0.2) is 0 Å². The van der Waals surface area contributed by atoms with Crippen LogP contribution in [0.5, 0.6) is 11.5 Å². The first kappa shape index (κ1) is 17.9. The minimum Gasteiger partial charge on any atom is -0.493 e. The number of hydrogen-bond donors (Lipinski definition) is 1. The van der Waals surface area contributed by atoms with Crippen molar-refractivity contribution in [3.8, 4) is 11.5 Å². The first-order chi connectivity index (χ1) is 13.7. The van der Waals surface area contributed by atoms with Gasteiger partial charge in [0.25, 0.3) is 5.91 Å². The molecule has 1 heterocycles. The van der Waals surface area contributed by atoms with Crippen molar-refractivity contribution in [3.05, 3.63) is 77.9 Å². The first-order valence-corrected chi connectivity index (χ1v) is 9.18. The summed E-state index contributed by atoms with van der Waals surface area (Å²) in [6.07, 6.45) is 1.05. The van der Waals surface area contributed by atoms with Crippen LogP contribution in [0.1, 0.15) is 15.9 Å². The average Bonchev–Trinajstić information content (AvgIpc) is 3.18. The van der Waals surface area contributed by atoms with E-state index in [-0.39, 0.29) is 5.91 Å². The minimum absolute atomic E-state index is 0.194. The number of amides is 1. The highest BCUT2D eigenvalue weighted by atomic mass is 16.5. The SMILES string of the molecule is COc1ccc(C(=O)Nc2ccc(N3CCc4ccccc43)cc2)cc1OC. The fraction of sp³-hybridized carbons (Fsp3) is 0.174. The topological polar surface area (TPSA) is 50.8 Å². The van der Waals surface area contributed by atoms with Crippen molar-refractivity contribution in [1.82, 2.24) is 0 Å². The van der Waals surface area contributed by atoms with Gasteiger partial charge >= 0.3 is 0 Å². The van der Waals surface area contributed by atoms with Crippen LogP contribution in [0.3, 0.4) is 0 Å². The van der Waals surface area contributed by atoms with Gasteiger partial charge in [0.2, 0.25) is 0 Å². The number of carbonyl (C=O) groups excluding carboxylic acids is 1. The van der Waals surface area contributed by atoms with Crippen molar-refractivity contribution in [2.75, 3.05) is 31.0 Å². The van der Waals surface area contributed by atoms with Crippen LogP contribution in [0.2, 0.25) is 0 Å². The molecule has 0 radical (unpaired) electrons. The summed E-state index contributed by atoms with van der Waals surface area (Å²) in [4.78, 5) is 14.9. The lowest BCUT2D eigenvalue weighted by Gasteiger charge is -2.20. The van der Waals surface area contributed by atoms with E-state index >= 15 is 0 Å². The van der Waals surface area contributed by atoms with E-state index < -0.39 is 0 Å². The number of ether oxygens (including phenoxy) is 2. The predicted molar refractivity (Wildman–Crippen MR) is 111 cm³/mol. The summed E-state index contributed by atoms with van der Waals surface area (Å²) < 4.78 is 10.5. The Bertz CT molecular complexity index is 999. The van der Waals surface area contributed by atoms with E-state index in [1.165, 1.54) is 11.3 Å². The number of benzene rings is 3. The van der Waals surface area contributed by atoms with E-state index in [9.17, 15) is 4.79 Å². The van der Waals surface area contributed by atoms with Gasteiger partial charge in [-0.1, -0.05) is 18.2 Å². The molecule has 0 bridgehead atoms. The van der Waals surface area contributed by atoms with Crippen LogP contribution in [0.25, 0.3) is 0 Å². The van der Waals surface area contributed by atoms with Gasteiger partial charge in [0.05, 0.1) is 14.2 Å². The van der Waals surface area contributed by atoms with Gasteiger partial charge in [-0.15, -0.1) is 0 Å². The lowest BCUT2D eigenvalue weighted by atomic mass is 10.1. The van der Waals surface area contributed by atoms with E-state index in [4.69, 9.17) is 9.47 Å². The number of nitrogens with one attached hydrogen (secondary N) is 1. The van der Waals surface area contributed by atoms with Crippen molar-refractivity contribution >= 4 is 23.0 Å². The molecular weight excluding hydrogens is 352 g/mol. The third-order valence-corrected chi connectivity index (χ3v) is 4.97. The van der Waals surface area contributed by atoms with Crippen LogP contribution in [0.4, 0.5) is 17.1 Å². The predicted octanol–water partition coefficient (Wildman–Crippen LogP) is 4.65. The second-order valence-corrected chi connectivity index (χ2v) is 6.60.